The molecular weight excluding hydrogens is 278 g/mol. The molecule has 0 radical (unpaired) electrons. The zero-order valence-electron chi connectivity index (χ0n) is 13.4. The van der Waals surface area contributed by atoms with Crippen molar-refractivity contribution >= 4 is 11.8 Å². The number of quaternary nitrogens is 1. The lowest BCUT2D eigenvalue weighted by Gasteiger charge is -2.33. The standard InChI is InChI=1S/C10H20N2O.C4H7NO.ClH/c1-7-9(12(4,5)6)11-10(13)8(2)3;1-3(2)4(5)6;/h9H,2,7H2,1,3-6H3;1H2,2H3,(H2,5,6);1H. The second-order valence-electron chi connectivity index (χ2n) is 5.44. The van der Waals surface area contributed by atoms with E-state index in [9.17, 15) is 9.59 Å². The second-order valence-corrected chi connectivity index (χ2v) is 5.44. The van der Waals surface area contributed by atoms with Gasteiger partial charge in [0, 0.05) is 17.6 Å². The summed E-state index contributed by atoms with van der Waals surface area (Å²) in [6.07, 6.45) is 1.08. The highest BCUT2D eigenvalue weighted by Gasteiger charge is 2.23. The third kappa shape index (κ3) is 11.7. The fourth-order valence-electron chi connectivity index (χ4n) is 1.12. The van der Waals surface area contributed by atoms with Crippen molar-refractivity contribution < 1.29 is 26.5 Å². The Labute approximate surface area is 128 Å². The Morgan fingerprint density at radius 3 is 1.65 bits per heavy atom. The molecule has 3 N–H and O–H groups in total. The first-order chi connectivity index (χ1) is 8.43. The first-order valence-electron chi connectivity index (χ1n) is 6.16. The minimum Gasteiger partial charge on any atom is -1.00 e. The van der Waals surface area contributed by atoms with Crippen LogP contribution in [0.1, 0.15) is 27.2 Å². The Kier molecular flexibility index (Phi) is 12.4. The van der Waals surface area contributed by atoms with Gasteiger partial charge in [0.05, 0.1) is 21.1 Å². The summed E-state index contributed by atoms with van der Waals surface area (Å²) in [6.45, 7) is 12.2. The molecular formula is C14H28ClN3O2. The van der Waals surface area contributed by atoms with E-state index in [-0.39, 0.29) is 24.5 Å². The molecule has 20 heavy (non-hydrogen) atoms. The van der Waals surface area contributed by atoms with Crippen LogP contribution in [-0.2, 0) is 9.59 Å². The lowest BCUT2D eigenvalue weighted by molar-refractivity contribution is -0.898. The summed E-state index contributed by atoms with van der Waals surface area (Å²) >= 11 is 0. The number of amides is 2. The molecule has 6 heteroatoms. The number of hydrogen-bond acceptors (Lipinski definition) is 2. The van der Waals surface area contributed by atoms with Crippen LogP contribution in [0.25, 0.3) is 0 Å². The van der Waals surface area contributed by atoms with Gasteiger partial charge >= 0.3 is 0 Å². The van der Waals surface area contributed by atoms with Gasteiger partial charge in [-0.1, -0.05) is 20.1 Å². The molecule has 5 nitrogen and oxygen atoms in total. The van der Waals surface area contributed by atoms with Gasteiger partial charge in [-0.3, -0.25) is 9.59 Å². The van der Waals surface area contributed by atoms with Gasteiger partial charge in [0.1, 0.15) is 0 Å². The highest BCUT2D eigenvalue weighted by atomic mass is 35.5. The molecule has 0 saturated heterocycles. The third-order valence-electron chi connectivity index (χ3n) is 2.43. The van der Waals surface area contributed by atoms with Crippen LogP contribution in [0, 0.1) is 0 Å². The lowest BCUT2D eigenvalue weighted by atomic mass is 10.2. The predicted octanol–water partition coefficient (Wildman–Crippen LogP) is -1.83. The highest BCUT2D eigenvalue weighted by molar-refractivity contribution is 5.92. The molecule has 0 aliphatic carbocycles. The van der Waals surface area contributed by atoms with E-state index in [0.29, 0.717) is 11.1 Å². The number of hydrogen-bond donors (Lipinski definition) is 2. The van der Waals surface area contributed by atoms with Crippen LogP contribution >= 0.6 is 0 Å². The predicted molar refractivity (Wildman–Crippen MR) is 79.1 cm³/mol. The van der Waals surface area contributed by atoms with E-state index in [0.717, 1.165) is 10.9 Å². The lowest BCUT2D eigenvalue weighted by Crippen LogP contribution is -3.00. The van der Waals surface area contributed by atoms with Crippen LogP contribution in [0.5, 0.6) is 0 Å². The first-order valence-corrected chi connectivity index (χ1v) is 6.16. The first kappa shape index (κ1) is 23.7. The van der Waals surface area contributed by atoms with Crippen LogP contribution in [0.3, 0.4) is 0 Å². The summed E-state index contributed by atoms with van der Waals surface area (Å²) in [5.74, 6) is -0.491. The number of carbonyl (C=O) groups excluding carboxylic acids is 2. The van der Waals surface area contributed by atoms with Gasteiger partial charge in [0.2, 0.25) is 5.91 Å². The largest absolute Gasteiger partial charge is 1.00 e. The van der Waals surface area contributed by atoms with Crippen LogP contribution in [0.4, 0.5) is 0 Å². The zero-order chi connectivity index (χ0) is 15.8. The minimum absolute atomic E-state index is 0. The maximum Gasteiger partial charge on any atom is 0.250 e. The van der Waals surface area contributed by atoms with Gasteiger partial charge in [-0.05, 0) is 13.8 Å². The third-order valence-corrected chi connectivity index (χ3v) is 2.43. The van der Waals surface area contributed by atoms with Crippen molar-refractivity contribution in [3.8, 4) is 0 Å². The van der Waals surface area contributed by atoms with Crippen molar-refractivity contribution in [2.24, 2.45) is 5.73 Å². The number of rotatable bonds is 5. The topological polar surface area (TPSA) is 72.2 Å². The average molecular weight is 306 g/mol. The van der Waals surface area contributed by atoms with E-state index >= 15 is 0 Å². The van der Waals surface area contributed by atoms with E-state index in [2.05, 4.69) is 46.5 Å². The smallest absolute Gasteiger partial charge is 0.250 e. The fourth-order valence-corrected chi connectivity index (χ4v) is 1.12. The number of nitrogens with one attached hydrogen (secondary N) is 1. The molecule has 0 aliphatic rings. The molecule has 1 unspecified atom stereocenters. The van der Waals surface area contributed by atoms with Gasteiger partial charge in [0.25, 0.3) is 5.91 Å². The summed E-state index contributed by atoms with van der Waals surface area (Å²) in [5, 5.41) is 2.94. The summed E-state index contributed by atoms with van der Waals surface area (Å²) < 4.78 is 0.732. The number of carbonyl (C=O) groups is 2. The molecule has 0 aromatic carbocycles. The Hall–Kier alpha value is -1.33. The molecule has 0 heterocycles. The van der Waals surface area contributed by atoms with Gasteiger partial charge in [-0.25, -0.2) is 0 Å². The molecule has 118 valence electrons. The van der Waals surface area contributed by atoms with Gasteiger partial charge in [-0.15, -0.1) is 0 Å². The molecule has 0 rings (SSSR count). The monoisotopic (exact) mass is 305 g/mol. The average Bonchev–Trinajstić information content (AvgIpc) is 2.24. The second kappa shape index (κ2) is 10.5. The maximum absolute atomic E-state index is 11.3. The number of nitrogens with two attached hydrogens (primary N) is 1. The molecule has 2 amide bonds. The quantitative estimate of drug-likeness (QED) is 0.356. The molecule has 0 bridgehead atoms. The van der Waals surface area contributed by atoms with Crippen molar-refractivity contribution in [3.05, 3.63) is 24.3 Å². The van der Waals surface area contributed by atoms with Crippen LogP contribution < -0.4 is 23.5 Å². The van der Waals surface area contributed by atoms with E-state index in [1.807, 2.05) is 0 Å². The summed E-state index contributed by atoms with van der Waals surface area (Å²) in [7, 11) is 6.19. The molecule has 0 aromatic heterocycles. The normalized spacial score (nSPS) is 11.1. The van der Waals surface area contributed by atoms with E-state index < -0.39 is 5.91 Å². The highest BCUT2D eigenvalue weighted by Crippen LogP contribution is 2.04. The van der Waals surface area contributed by atoms with Crippen LogP contribution in [-0.4, -0.2) is 43.6 Å². The van der Waals surface area contributed by atoms with Gasteiger partial charge in [-0.2, -0.15) is 0 Å². The van der Waals surface area contributed by atoms with Gasteiger partial charge in [0.15, 0.2) is 6.17 Å². The molecule has 0 saturated carbocycles. The SMILES string of the molecule is C=C(C)C(=O)NC(CC)[N+](C)(C)C.C=C(C)C(N)=O.[Cl-]. The zero-order valence-corrected chi connectivity index (χ0v) is 14.2. The van der Waals surface area contributed by atoms with Crippen molar-refractivity contribution in [2.45, 2.75) is 33.4 Å². The van der Waals surface area contributed by atoms with E-state index in [1.165, 1.54) is 0 Å². The van der Waals surface area contributed by atoms with Crippen LogP contribution in [0.2, 0.25) is 0 Å². The molecule has 0 fully saturated rings. The maximum atomic E-state index is 11.3. The Bertz CT molecular complexity index is 348. The van der Waals surface area contributed by atoms with Crippen molar-refractivity contribution in [1.29, 1.82) is 0 Å². The number of nitrogens with zero attached hydrogens (tertiary/aromatic N) is 1. The Morgan fingerprint density at radius 1 is 1.15 bits per heavy atom. The van der Waals surface area contributed by atoms with E-state index in [4.69, 9.17) is 5.73 Å². The Morgan fingerprint density at radius 2 is 1.50 bits per heavy atom. The van der Waals surface area contributed by atoms with Crippen molar-refractivity contribution in [3.63, 3.8) is 0 Å². The summed E-state index contributed by atoms with van der Waals surface area (Å²) in [4.78, 5) is 21.2. The van der Waals surface area contributed by atoms with Crippen LogP contribution in [0.15, 0.2) is 24.3 Å². The van der Waals surface area contributed by atoms with Gasteiger partial charge < -0.3 is 27.9 Å². The molecule has 1 atom stereocenters. The van der Waals surface area contributed by atoms with Crippen molar-refractivity contribution in [2.75, 3.05) is 21.1 Å². The fraction of sp³-hybridized carbons (Fsp3) is 0.571. The molecule has 0 spiro atoms. The number of primary amides is 1. The van der Waals surface area contributed by atoms with Crippen molar-refractivity contribution in [1.82, 2.24) is 5.32 Å². The Balaban J connectivity index is -0.000000352. The molecule has 0 aliphatic heterocycles. The van der Waals surface area contributed by atoms with E-state index in [1.54, 1.807) is 13.8 Å². The summed E-state index contributed by atoms with van der Waals surface area (Å²) in [6, 6.07) is 0. The summed E-state index contributed by atoms with van der Waals surface area (Å²) in [5.41, 5.74) is 5.66. The minimum atomic E-state index is -0.435. The molecule has 0 aromatic rings. The number of halogens is 1.